The van der Waals surface area contributed by atoms with Crippen molar-refractivity contribution in [3.8, 4) is 0 Å². The van der Waals surface area contributed by atoms with Gasteiger partial charge in [-0.3, -0.25) is 4.79 Å². The second kappa shape index (κ2) is 6.86. The third-order valence-corrected chi connectivity index (χ3v) is 5.43. The molecule has 0 saturated heterocycles. The van der Waals surface area contributed by atoms with Gasteiger partial charge >= 0.3 is 0 Å². The van der Waals surface area contributed by atoms with Crippen molar-refractivity contribution in [3.05, 3.63) is 34.4 Å². The van der Waals surface area contributed by atoms with Crippen LogP contribution in [-0.2, 0) is 7.05 Å². The quantitative estimate of drug-likeness (QED) is 0.844. The van der Waals surface area contributed by atoms with E-state index in [1.807, 2.05) is 36.0 Å². The molecule has 3 nitrogen and oxygen atoms in total. The highest BCUT2D eigenvalue weighted by molar-refractivity contribution is 9.10. The minimum atomic E-state index is 0.0355. The number of fused-ring (bicyclic) bond motifs is 1. The fraction of sp³-hybridized carbons (Fsp3) is 0.500. The lowest BCUT2D eigenvalue weighted by molar-refractivity contribution is 0.0952. The Labute approximate surface area is 140 Å². The van der Waals surface area contributed by atoms with Crippen molar-refractivity contribution in [2.24, 2.45) is 13.0 Å². The fourth-order valence-corrected chi connectivity index (χ4v) is 4.10. The smallest absolute Gasteiger partial charge is 0.253 e. The van der Waals surface area contributed by atoms with Gasteiger partial charge in [0.25, 0.3) is 5.91 Å². The zero-order chi connectivity index (χ0) is 15.5. The van der Waals surface area contributed by atoms with E-state index < -0.39 is 0 Å². The molecule has 0 unspecified atom stereocenters. The number of carbonyl (C=O) groups is 1. The number of aryl methyl sites for hydroxylation is 1. The summed E-state index contributed by atoms with van der Waals surface area (Å²) in [6, 6.07) is 6.03. The first-order chi connectivity index (χ1) is 10.7. The molecule has 22 heavy (non-hydrogen) atoms. The van der Waals surface area contributed by atoms with E-state index in [1.54, 1.807) is 0 Å². The number of hydrogen-bond donors (Lipinski definition) is 1. The van der Waals surface area contributed by atoms with E-state index in [-0.39, 0.29) is 5.91 Å². The van der Waals surface area contributed by atoms with Crippen LogP contribution in [0.1, 0.15) is 48.9 Å². The van der Waals surface area contributed by atoms with Gasteiger partial charge in [0.2, 0.25) is 0 Å². The van der Waals surface area contributed by atoms with Crippen molar-refractivity contribution in [1.29, 1.82) is 0 Å². The number of aromatic nitrogens is 1. The van der Waals surface area contributed by atoms with Crippen LogP contribution in [-0.4, -0.2) is 17.0 Å². The van der Waals surface area contributed by atoms with Crippen LogP contribution < -0.4 is 5.32 Å². The van der Waals surface area contributed by atoms with Crippen LogP contribution in [0, 0.1) is 5.92 Å². The highest BCUT2D eigenvalue weighted by Crippen LogP contribution is 2.29. The molecule has 1 saturated carbocycles. The zero-order valence-corrected chi connectivity index (χ0v) is 14.7. The maximum absolute atomic E-state index is 12.5. The number of amides is 1. The van der Waals surface area contributed by atoms with E-state index in [2.05, 4.69) is 21.2 Å². The Morgan fingerprint density at radius 1 is 1.32 bits per heavy atom. The second-order valence-corrected chi connectivity index (χ2v) is 7.19. The van der Waals surface area contributed by atoms with Crippen molar-refractivity contribution < 1.29 is 4.79 Å². The van der Waals surface area contributed by atoms with Crippen molar-refractivity contribution >= 4 is 32.7 Å². The Hall–Kier alpha value is -1.29. The summed E-state index contributed by atoms with van der Waals surface area (Å²) in [7, 11) is 1.98. The van der Waals surface area contributed by atoms with Gasteiger partial charge in [-0.2, -0.15) is 0 Å². The molecule has 4 heteroatoms. The van der Waals surface area contributed by atoms with Gasteiger partial charge in [0.1, 0.15) is 0 Å². The molecule has 0 atom stereocenters. The monoisotopic (exact) mass is 362 g/mol. The summed E-state index contributed by atoms with van der Waals surface area (Å²) >= 11 is 3.57. The standard InChI is InChI=1S/C18H23BrN2O/c1-21-12-14(17-15(19)8-5-9-16(17)21)18(22)20-11-10-13-6-3-2-4-7-13/h5,8-9,12-13H,2-4,6-7,10-11H2,1H3,(H,20,22). The lowest BCUT2D eigenvalue weighted by Gasteiger charge is -2.21. The predicted molar refractivity (Wildman–Crippen MR) is 94.1 cm³/mol. The minimum Gasteiger partial charge on any atom is -0.352 e. The fourth-order valence-electron chi connectivity index (χ4n) is 3.53. The first-order valence-corrected chi connectivity index (χ1v) is 8.98. The number of hydrogen-bond acceptors (Lipinski definition) is 1. The van der Waals surface area contributed by atoms with Gasteiger partial charge in [-0.25, -0.2) is 0 Å². The van der Waals surface area contributed by atoms with Crippen molar-refractivity contribution in [2.45, 2.75) is 38.5 Å². The molecule has 0 bridgehead atoms. The molecular formula is C18H23BrN2O. The van der Waals surface area contributed by atoms with E-state index in [4.69, 9.17) is 0 Å². The van der Waals surface area contributed by atoms with Crippen LogP contribution >= 0.6 is 15.9 Å². The molecule has 1 aliphatic carbocycles. The number of nitrogens with zero attached hydrogens (tertiary/aromatic N) is 1. The molecule has 1 aromatic carbocycles. The van der Waals surface area contributed by atoms with Crippen molar-refractivity contribution in [2.75, 3.05) is 6.54 Å². The Bertz CT molecular complexity index is 671. The van der Waals surface area contributed by atoms with Gasteiger partial charge < -0.3 is 9.88 Å². The molecule has 118 valence electrons. The third-order valence-electron chi connectivity index (χ3n) is 4.77. The molecule has 0 spiro atoms. The molecule has 2 aromatic rings. The highest BCUT2D eigenvalue weighted by atomic mass is 79.9. The maximum atomic E-state index is 12.5. The van der Waals surface area contributed by atoms with E-state index >= 15 is 0 Å². The average molecular weight is 363 g/mol. The number of rotatable bonds is 4. The Balaban J connectivity index is 1.67. The van der Waals surface area contributed by atoms with Gasteiger partial charge in [0.15, 0.2) is 0 Å². The van der Waals surface area contributed by atoms with Gasteiger partial charge in [-0.1, -0.05) is 54.1 Å². The predicted octanol–water partition coefficient (Wildman–Crippen LogP) is 4.64. The Kier molecular flexibility index (Phi) is 4.87. The Morgan fingerprint density at radius 2 is 2.09 bits per heavy atom. The molecule has 0 radical (unpaired) electrons. The lowest BCUT2D eigenvalue weighted by Crippen LogP contribution is -2.26. The molecule has 1 aliphatic rings. The van der Waals surface area contributed by atoms with Crippen LogP contribution in [0.25, 0.3) is 10.9 Å². The number of halogens is 1. The van der Waals surface area contributed by atoms with Crippen LogP contribution in [0.3, 0.4) is 0 Å². The van der Waals surface area contributed by atoms with E-state index in [0.717, 1.165) is 39.8 Å². The van der Waals surface area contributed by atoms with Gasteiger partial charge in [0.05, 0.1) is 5.56 Å². The summed E-state index contributed by atoms with van der Waals surface area (Å²) in [4.78, 5) is 12.5. The molecular weight excluding hydrogens is 340 g/mol. The summed E-state index contributed by atoms with van der Waals surface area (Å²) < 4.78 is 2.99. The lowest BCUT2D eigenvalue weighted by atomic mass is 9.87. The normalized spacial score (nSPS) is 16.1. The first-order valence-electron chi connectivity index (χ1n) is 8.18. The maximum Gasteiger partial charge on any atom is 0.253 e. The van der Waals surface area contributed by atoms with Gasteiger partial charge in [0, 0.05) is 35.2 Å². The molecule has 1 amide bonds. The van der Waals surface area contributed by atoms with Crippen LogP contribution in [0.2, 0.25) is 0 Å². The van der Waals surface area contributed by atoms with Crippen molar-refractivity contribution in [1.82, 2.24) is 9.88 Å². The molecule has 0 aliphatic heterocycles. The van der Waals surface area contributed by atoms with Crippen molar-refractivity contribution in [3.63, 3.8) is 0 Å². The number of nitrogens with one attached hydrogen (secondary N) is 1. The summed E-state index contributed by atoms with van der Waals surface area (Å²) in [5.41, 5.74) is 1.83. The average Bonchev–Trinajstić information content (AvgIpc) is 2.87. The number of carbonyl (C=O) groups excluding carboxylic acids is 1. The van der Waals surface area contributed by atoms with Crippen LogP contribution in [0.5, 0.6) is 0 Å². The molecule has 1 fully saturated rings. The third kappa shape index (κ3) is 3.22. The highest BCUT2D eigenvalue weighted by Gasteiger charge is 2.17. The second-order valence-electron chi connectivity index (χ2n) is 6.34. The van der Waals surface area contributed by atoms with Crippen LogP contribution in [0.4, 0.5) is 0 Å². The zero-order valence-electron chi connectivity index (χ0n) is 13.1. The van der Waals surface area contributed by atoms with Crippen LogP contribution in [0.15, 0.2) is 28.9 Å². The Morgan fingerprint density at radius 3 is 2.86 bits per heavy atom. The van der Waals surface area contributed by atoms with E-state index in [9.17, 15) is 4.79 Å². The van der Waals surface area contributed by atoms with E-state index in [0.29, 0.717) is 0 Å². The minimum absolute atomic E-state index is 0.0355. The van der Waals surface area contributed by atoms with E-state index in [1.165, 1.54) is 32.1 Å². The SMILES string of the molecule is Cn1cc(C(=O)NCCC2CCCCC2)c2c(Br)cccc21. The van der Waals surface area contributed by atoms with Gasteiger partial charge in [-0.15, -0.1) is 0 Å². The largest absolute Gasteiger partial charge is 0.352 e. The molecule has 1 aromatic heterocycles. The topological polar surface area (TPSA) is 34.0 Å². The summed E-state index contributed by atoms with van der Waals surface area (Å²) in [5, 5.41) is 4.11. The molecule has 1 heterocycles. The number of benzene rings is 1. The van der Waals surface area contributed by atoms with Gasteiger partial charge in [-0.05, 0) is 24.5 Å². The summed E-state index contributed by atoms with van der Waals surface area (Å²) in [6.45, 7) is 0.782. The summed E-state index contributed by atoms with van der Waals surface area (Å²) in [6.07, 6.45) is 9.78. The summed E-state index contributed by atoms with van der Waals surface area (Å²) in [5.74, 6) is 0.835. The molecule has 1 N–H and O–H groups in total. The molecule has 3 rings (SSSR count). The first kappa shape index (κ1) is 15.6.